The quantitative estimate of drug-likeness (QED) is 0.630. The second-order valence-corrected chi connectivity index (χ2v) is 6.17. The van der Waals surface area contributed by atoms with E-state index < -0.39 is 5.60 Å². The molecule has 1 atom stereocenters. The molecule has 1 heterocycles. The van der Waals surface area contributed by atoms with E-state index in [1.807, 2.05) is 0 Å². The highest BCUT2D eigenvalue weighted by atomic mass is 35.5. The number of ether oxygens (including phenoxy) is 1. The Hall–Kier alpha value is -0.360. The predicted molar refractivity (Wildman–Crippen MR) is 86.7 cm³/mol. The van der Waals surface area contributed by atoms with E-state index in [9.17, 15) is 4.79 Å². The van der Waals surface area contributed by atoms with E-state index >= 15 is 0 Å². The van der Waals surface area contributed by atoms with E-state index in [1.165, 1.54) is 0 Å². The smallest absolute Gasteiger partial charge is 0.252 e. The Balaban J connectivity index is 0.00000400. The lowest BCUT2D eigenvalue weighted by atomic mass is 9.90. The molecule has 0 radical (unpaired) electrons. The average Bonchev–Trinajstić information content (AvgIpc) is 2.44. The molecule has 0 bridgehead atoms. The summed E-state index contributed by atoms with van der Waals surface area (Å²) in [6, 6.07) is 0. The van der Waals surface area contributed by atoms with Crippen LogP contribution in [-0.2, 0) is 9.53 Å². The van der Waals surface area contributed by atoms with Crippen LogP contribution in [0.2, 0.25) is 0 Å². The van der Waals surface area contributed by atoms with Crippen molar-refractivity contribution in [2.45, 2.75) is 45.1 Å². The topological polar surface area (TPSA) is 70.6 Å². The monoisotopic (exact) mass is 322 g/mol. The molecule has 1 aliphatic heterocycles. The summed E-state index contributed by atoms with van der Waals surface area (Å²) in [5.74, 6) is 0.895. The van der Waals surface area contributed by atoms with Gasteiger partial charge in [-0.3, -0.25) is 4.79 Å². The van der Waals surface area contributed by atoms with Gasteiger partial charge in [-0.1, -0.05) is 13.8 Å². The van der Waals surface area contributed by atoms with Crippen LogP contribution >= 0.6 is 12.4 Å². The van der Waals surface area contributed by atoms with Crippen LogP contribution < -0.4 is 10.6 Å². The first kappa shape index (κ1) is 20.6. The molecule has 126 valence electrons. The second kappa shape index (κ2) is 10.4. The number of aliphatic hydroxyl groups excluding tert-OH is 1. The fourth-order valence-corrected chi connectivity index (χ4v) is 2.91. The maximum atomic E-state index is 12.4. The minimum atomic E-state index is -0.674. The molecule has 1 saturated heterocycles. The third-order valence-corrected chi connectivity index (χ3v) is 4.11. The summed E-state index contributed by atoms with van der Waals surface area (Å²) < 4.78 is 5.51. The van der Waals surface area contributed by atoms with E-state index in [-0.39, 0.29) is 24.9 Å². The van der Waals surface area contributed by atoms with Crippen LogP contribution in [0.25, 0.3) is 0 Å². The van der Waals surface area contributed by atoms with E-state index in [2.05, 4.69) is 24.5 Å². The number of hydrogen-bond acceptors (Lipinski definition) is 4. The third kappa shape index (κ3) is 6.51. The number of rotatable bonds is 8. The summed E-state index contributed by atoms with van der Waals surface area (Å²) in [6.07, 6.45) is 3.18. The van der Waals surface area contributed by atoms with Crippen molar-refractivity contribution in [3.8, 4) is 0 Å². The van der Waals surface area contributed by atoms with Crippen molar-refractivity contribution in [1.82, 2.24) is 10.6 Å². The molecule has 0 aromatic rings. The molecule has 21 heavy (non-hydrogen) atoms. The van der Waals surface area contributed by atoms with E-state index in [1.54, 1.807) is 7.11 Å². The lowest BCUT2D eigenvalue weighted by molar-refractivity contribution is -0.146. The highest BCUT2D eigenvalue weighted by Crippen LogP contribution is 2.23. The number of carbonyl (C=O) groups is 1. The third-order valence-electron chi connectivity index (χ3n) is 4.11. The van der Waals surface area contributed by atoms with Gasteiger partial charge in [0.1, 0.15) is 5.60 Å². The highest BCUT2D eigenvalue weighted by Gasteiger charge is 2.39. The molecule has 0 aromatic carbocycles. The first-order valence-corrected chi connectivity index (χ1v) is 7.69. The number of methoxy groups -OCH3 is 1. The molecule has 1 fully saturated rings. The van der Waals surface area contributed by atoms with Gasteiger partial charge in [0, 0.05) is 20.3 Å². The molecule has 1 aliphatic rings. The van der Waals surface area contributed by atoms with Crippen LogP contribution in [0.5, 0.6) is 0 Å². The summed E-state index contributed by atoms with van der Waals surface area (Å²) in [6.45, 7) is 6.74. The van der Waals surface area contributed by atoms with Crippen molar-refractivity contribution in [3.63, 3.8) is 0 Å². The molecule has 1 rings (SSSR count). The number of amides is 1. The van der Waals surface area contributed by atoms with Gasteiger partial charge in [0.25, 0.3) is 5.91 Å². The van der Waals surface area contributed by atoms with Crippen molar-refractivity contribution < 1.29 is 14.6 Å². The molecule has 1 unspecified atom stereocenters. The van der Waals surface area contributed by atoms with Crippen molar-refractivity contribution in [3.05, 3.63) is 0 Å². The van der Waals surface area contributed by atoms with Gasteiger partial charge in [-0.05, 0) is 50.6 Å². The Bertz CT molecular complexity index is 295. The van der Waals surface area contributed by atoms with Gasteiger partial charge in [-0.15, -0.1) is 12.4 Å². The van der Waals surface area contributed by atoms with Crippen LogP contribution in [0, 0.1) is 11.8 Å². The lowest BCUT2D eigenvalue weighted by Crippen LogP contribution is -2.54. The maximum absolute atomic E-state index is 12.4. The summed E-state index contributed by atoms with van der Waals surface area (Å²) in [5, 5.41) is 15.4. The Morgan fingerprint density at radius 3 is 2.48 bits per heavy atom. The molecule has 5 nitrogen and oxygen atoms in total. The zero-order chi connectivity index (χ0) is 15.0. The molecule has 3 N–H and O–H groups in total. The first-order chi connectivity index (χ1) is 9.54. The molecule has 0 saturated carbocycles. The van der Waals surface area contributed by atoms with Crippen LogP contribution in [0.1, 0.15) is 39.5 Å². The summed E-state index contributed by atoms with van der Waals surface area (Å²) in [5.41, 5.74) is -0.674. The Kier molecular flexibility index (Phi) is 10.2. The van der Waals surface area contributed by atoms with Gasteiger partial charge in [-0.2, -0.15) is 0 Å². The lowest BCUT2D eigenvalue weighted by Gasteiger charge is -2.35. The molecule has 0 aliphatic carbocycles. The number of piperidine rings is 1. The van der Waals surface area contributed by atoms with E-state index in [4.69, 9.17) is 9.84 Å². The predicted octanol–water partition coefficient (Wildman–Crippen LogP) is 1.34. The summed E-state index contributed by atoms with van der Waals surface area (Å²) in [4.78, 5) is 12.4. The minimum Gasteiger partial charge on any atom is -0.396 e. The Morgan fingerprint density at radius 1 is 1.38 bits per heavy atom. The summed E-state index contributed by atoms with van der Waals surface area (Å²) in [7, 11) is 1.62. The number of aliphatic hydroxyl groups is 1. The Labute approximate surface area is 134 Å². The number of nitrogens with one attached hydrogen (secondary N) is 2. The fraction of sp³-hybridized carbons (Fsp3) is 0.933. The fourth-order valence-electron chi connectivity index (χ4n) is 2.91. The molecule has 1 amide bonds. The first-order valence-electron chi connectivity index (χ1n) is 7.69. The average molecular weight is 323 g/mol. The van der Waals surface area contributed by atoms with Gasteiger partial charge >= 0.3 is 0 Å². The van der Waals surface area contributed by atoms with Gasteiger partial charge in [-0.25, -0.2) is 0 Å². The zero-order valence-electron chi connectivity index (χ0n) is 13.5. The van der Waals surface area contributed by atoms with Gasteiger partial charge < -0.3 is 20.5 Å². The van der Waals surface area contributed by atoms with Crippen LogP contribution in [-0.4, -0.2) is 50.0 Å². The second-order valence-electron chi connectivity index (χ2n) is 6.17. The van der Waals surface area contributed by atoms with Crippen molar-refractivity contribution in [2.75, 3.05) is 33.4 Å². The van der Waals surface area contributed by atoms with Crippen LogP contribution in [0.3, 0.4) is 0 Å². The molecular weight excluding hydrogens is 292 g/mol. The number of halogens is 1. The maximum Gasteiger partial charge on any atom is 0.252 e. The van der Waals surface area contributed by atoms with Crippen molar-refractivity contribution >= 4 is 18.3 Å². The van der Waals surface area contributed by atoms with Crippen molar-refractivity contribution in [1.29, 1.82) is 0 Å². The zero-order valence-corrected chi connectivity index (χ0v) is 14.3. The molecule has 6 heteroatoms. The number of carbonyl (C=O) groups excluding carboxylic acids is 1. The highest BCUT2D eigenvalue weighted by molar-refractivity contribution is 5.85. The molecule has 0 aromatic heterocycles. The molecular formula is C15H31ClN2O3. The van der Waals surface area contributed by atoms with Gasteiger partial charge in [0.2, 0.25) is 0 Å². The van der Waals surface area contributed by atoms with Crippen LogP contribution in [0.15, 0.2) is 0 Å². The SMILES string of the molecule is COC1(C(=O)NCC(CCO)CC(C)C)CCNCC1.Cl. The van der Waals surface area contributed by atoms with Crippen molar-refractivity contribution in [2.24, 2.45) is 11.8 Å². The van der Waals surface area contributed by atoms with Gasteiger partial charge in [0.05, 0.1) is 0 Å². The standard InChI is InChI=1S/C15H30N2O3.ClH/c1-12(2)10-13(4-9-18)11-17-14(19)15(20-3)5-7-16-8-6-15;/h12-13,16,18H,4-11H2,1-3H3,(H,17,19);1H. The van der Waals surface area contributed by atoms with Gasteiger partial charge in [0.15, 0.2) is 0 Å². The minimum absolute atomic E-state index is 0. The van der Waals surface area contributed by atoms with Crippen LogP contribution in [0.4, 0.5) is 0 Å². The van der Waals surface area contributed by atoms with E-state index in [0.29, 0.717) is 31.2 Å². The van der Waals surface area contributed by atoms with E-state index in [0.717, 1.165) is 25.9 Å². The number of hydrogen-bond donors (Lipinski definition) is 3. The summed E-state index contributed by atoms with van der Waals surface area (Å²) >= 11 is 0. The molecule has 0 spiro atoms. The Morgan fingerprint density at radius 2 is 2.00 bits per heavy atom. The largest absolute Gasteiger partial charge is 0.396 e. The normalized spacial score (nSPS) is 18.9.